The molecular formula is C78H97N9O11S. The molecule has 0 aromatic heterocycles. The van der Waals surface area contributed by atoms with E-state index in [-0.39, 0.29) is 51.1 Å². The van der Waals surface area contributed by atoms with Crippen LogP contribution in [0.25, 0.3) is 0 Å². The van der Waals surface area contributed by atoms with Gasteiger partial charge in [0.25, 0.3) is 0 Å². The number of hydrogen-bond donors (Lipinski definition) is 8. The number of thioether (sulfide) groups is 1. The zero-order chi connectivity index (χ0) is 71.4. The largest absolute Gasteiger partial charge is 0.480 e. The summed E-state index contributed by atoms with van der Waals surface area (Å²) in [7, 11) is 0. The zero-order valence-electron chi connectivity index (χ0n) is 58.0. The molecule has 2 saturated heterocycles. The van der Waals surface area contributed by atoms with Crippen molar-refractivity contribution in [2.24, 2.45) is 17.6 Å². The highest BCUT2D eigenvalue weighted by molar-refractivity contribution is 8.00. The predicted molar refractivity (Wildman–Crippen MR) is 383 cm³/mol. The van der Waals surface area contributed by atoms with Crippen LogP contribution < -0.4 is 37.6 Å². The molecule has 2 aliphatic rings. The van der Waals surface area contributed by atoms with Crippen LogP contribution in [0.4, 0.5) is 0 Å². The minimum atomic E-state index is -1.62. The van der Waals surface area contributed by atoms with Crippen molar-refractivity contribution in [3.8, 4) is 0 Å². The number of carboxylic acid groups (broad SMARTS) is 1. The molecule has 9 N–H and O–H groups in total. The first kappa shape index (κ1) is 75.6. The molecule has 6 aromatic rings. The van der Waals surface area contributed by atoms with Crippen molar-refractivity contribution in [2.45, 2.75) is 171 Å². The maximum Gasteiger partial charge on any atom is 0.326 e. The lowest BCUT2D eigenvalue weighted by atomic mass is 9.77. The highest BCUT2D eigenvalue weighted by atomic mass is 32.2. The third kappa shape index (κ3) is 18.8. The number of nitrogens with one attached hydrogen (secondary N) is 6. The van der Waals surface area contributed by atoms with Gasteiger partial charge in [0.1, 0.15) is 47.8 Å². The van der Waals surface area contributed by atoms with Crippen molar-refractivity contribution in [1.82, 2.24) is 41.7 Å². The minimum absolute atomic E-state index is 0.141. The summed E-state index contributed by atoms with van der Waals surface area (Å²) in [5, 5.41) is 28.4. The van der Waals surface area contributed by atoms with Crippen LogP contribution in [0.3, 0.4) is 0 Å². The minimum Gasteiger partial charge on any atom is -0.480 e. The van der Waals surface area contributed by atoms with Gasteiger partial charge in [-0.15, -0.1) is 11.8 Å². The second-order valence-electron chi connectivity index (χ2n) is 26.9. The summed E-state index contributed by atoms with van der Waals surface area (Å²) < 4.78 is 4.90. The standard InChI is InChI=1S/C78H97N9O11S/c1-9-51(3)66(83-71(92)63-43-29-47-86(63)73(94)64-44-30-48-87(64)74(95)67(52(4)10-2)84-69(90)61(49-98-76(6,7)8)81-68(89)53(5)79)72(93)82-62(50-99-78(57-37-23-14-24-38-57,58-39-25-15-26-40-58)59-41-27-16-28-42-59)70(91)80-60(75(96)97)45-46-65(88)85-77(54-31-17-11-18-32-54,55-33-19-12-20-34-55)56-35-21-13-22-36-56/h11-28,31-42,51-53,60-64,66-67H,9-10,29-30,43-50,79H2,1-8H3,(H,80,91)(H,81,89)(H,82,93)(H,83,92)(H,84,90)(H,85,88)(H,96,97)/t51-,52-,53-,60-,61-,62-,63-,64-,66-,67-/m0/s1. The number of carbonyl (C=O) groups excluding carboxylic acids is 8. The number of ether oxygens (including phenoxy) is 1. The van der Waals surface area contributed by atoms with Gasteiger partial charge >= 0.3 is 5.97 Å². The Morgan fingerprint density at radius 3 is 1.38 bits per heavy atom. The maximum absolute atomic E-state index is 15.4. The highest BCUT2D eigenvalue weighted by Crippen LogP contribution is 2.49. The second kappa shape index (κ2) is 35.0. The van der Waals surface area contributed by atoms with Crippen molar-refractivity contribution < 1.29 is 53.0 Å². The molecule has 0 spiro atoms. The number of rotatable bonds is 32. The smallest absolute Gasteiger partial charge is 0.326 e. The Balaban J connectivity index is 1.06. The van der Waals surface area contributed by atoms with E-state index in [1.54, 1.807) is 27.7 Å². The van der Waals surface area contributed by atoms with Crippen molar-refractivity contribution in [3.63, 3.8) is 0 Å². The molecule has 6 aromatic carbocycles. The monoisotopic (exact) mass is 1370 g/mol. The van der Waals surface area contributed by atoms with E-state index in [0.717, 1.165) is 33.4 Å². The number of nitrogens with zero attached hydrogens (tertiary/aromatic N) is 2. The topological polar surface area (TPSA) is 288 Å². The summed E-state index contributed by atoms with van der Waals surface area (Å²) in [6, 6.07) is 48.0. The molecule has 8 amide bonds. The lowest BCUT2D eigenvalue weighted by molar-refractivity contribution is -0.149. The molecule has 20 nitrogen and oxygen atoms in total. The van der Waals surface area contributed by atoms with Gasteiger partial charge in [0.2, 0.25) is 47.3 Å². The molecule has 10 atom stereocenters. The number of likely N-dealkylation sites (tertiary alicyclic amines) is 2. The summed E-state index contributed by atoms with van der Waals surface area (Å²) in [4.78, 5) is 133. The lowest BCUT2D eigenvalue weighted by Gasteiger charge is -2.37. The van der Waals surface area contributed by atoms with Gasteiger partial charge < -0.3 is 57.3 Å². The van der Waals surface area contributed by atoms with Gasteiger partial charge in [0.15, 0.2) is 0 Å². The quantitative estimate of drug-likeness (QED) is 0.0185. The lowest BCUT2D eigenvalue weighted by Crippen LogP contribution is -2.61. The van der Waals surface area contributed by atoms with Gasteiger partial charge in [-0.2, -0.15) is 0 Å². The van der Waals surface area contributed by atoms with E-state index >= 15 is 9.59 Å². The first-order chi connectivity index (χ1) is 47.4. The molecule has 2 heterocycles. The van der Waals surface area contributed by atoms with Crippen LogP contribution in [0.5, 0.6) is 0 Å². The molecule has 526 valence electrons. The number of aliphatic carboxylic acids is 1. The van der Waals surface area contributed by atoms with Crippen LogP contribution in [-0.4, -0.2) is 148 Å². The molecule has 0 saturated carbocycles. The van der Waals surface area contributed by atoms with E-state index in [1.807, 2.05) is 203 Å². The van der Waals surface area contributed by atoms with Crippen LogP contribution in [0.1, 0.15) is 140 Å². The van der Waals surface area contributed by atoms with E-state index in [2.05, 4.69) is 31.9 Å². The Hall–Kier alpha value is -9.18. The van der Waals surface area contributed by atoms with Crippen molar-refractivity contribution >= 4 is 65.0 Å². The van der Waals surface area contributed by atoms with Crippen LogP contribution in [-0.2, 0) is 58.2 Å². The molecule has 0 bridgehead atoms. The van der Waals surface area contributed by atoms with Crippen LogP contribution >= 0.6 is 11.8 Å². The number of carboxylic acids is 1. The van der Waals surface area contributed by atoms with E-state index in [4.69, 9.17) is 10.5 Å². The molecular weight excluding hydrogens is 1270 g/mol. The third-order valence-corrected chi connectivity index (χ3v) is 20.5. The first-order valence-electron chi connectivity index (χ1n) is 34.5. The fraction of sp³-hybridized carbons (Fsp3) is 0.423. The number of hydrogen-bond acceptors (Lipinski definition) is 12. The van der Waals surface area contributed by atoms with E-state index in [9.17, 15) is 38.7 Å². The van der Waals surface area contributed by atoms with Gasteiger partial charge in [-0.3, -0.25) is 38.4 Å². The maximum atomic E-state index is 15.4. The van der Waals surface area contributed by atoms with Gasteiger partial charge in [-0.1, -0.05) is 223 Å². The Bertz CT molecular complexity index is 3490. The van der Waals surface area contributed by atoms with E-state index in [0.29, 0.717) is 25.7 Å². The molecule has 8 rings (SSSR count). The van der Waals surface area contributed by atoms with Crippen LogP contribution in [0.2, 0.25) is 0 Å². The fourth-order valence-electron chi connectivity index (χ4n) is 12.9. The number of nitrogens with two attached hydrogens (primary N) is 1. The molecule has 2 fully saturated rings. The molecule has 99 heavy (non-hydrogen) atoms. The fourth-order valence-corrected chi connectivity index (χ4v) is 14.5. The Kier molecular flexibility index (Phi) is 26.8. The van der Waals surface area contributed by atoms with Crippen molar-refractivity contribution in [3.05, 3.63) is 215 Å². The number of benzene rings is 6. The molecule has 0 unspecified atom stereocenters. The van der Waals surface area contributed by atoms with Crippen LogP contribution in [0.15, 0.2) is 182 Å². The number of carbonyl (C=O) groups is 9. The zero-order valence-corrected chi connectivity index (χ0v) is 58.8. The summed E-state index contributed by atoms with van der Waals surface area (Å²) in [6.45, 7) is 14.4. The summed E-state index contributed by atoms with van der Waals surface area (Å²) >= 11 is 1.36. The summed E-state index contributed by atoms with van der Waals surface area (Å²) in [6.07, 6.45) is 1.62. The molecule has 21 heteroatoms. The van der Waals surface area contributed by atoms with Gasteiger partial charge in [0, 0.05) is 25.3 Å². The predicted octanol–water partition coefficient (Wildman–Crippen LogP) is 8.35. The number of amides is 8. The Labute approximate surface area is 586 Å². The first-order valence-corrected chi connectivity index (χ1v) is 35.5. The SMILES string of the molecule is CC[C@H](C)[C@H](NC(=O)[C@@H]1CCCN1C(=O)[C@@H]1CCCN1C(=O)[C@@H](NC(=O)[C@H](COC(C)(C)C)NC(=O)[C@H](C)N)[C@@H](C)CC)C(=O)N[C@@H](CSC(c1ccccc1)(c1ccccc1)c1ccccc1)C(=O)N[C@@H](CCC(=O)NC(c1ccccc1)(c1ccccc1)c1ccccc1)C(=O)O. The van der Waals surface area contributed by atoms with E-state index < -0.39 is 129 Å². The van der Waals surface area contributed by atoms with Gasteiger partial charge in [-0.25, -0.2) is 4.79 Å². The van der Waals surface area contributed by atoms with E-state index in [1.165, 1.54) is 28.5 Å². The van der Waals surface area contributed by atoms with Crippen LogP contribution in [0, 0.1) is 11.8 Å². The average Bonchev–Trinajstić information content (AvgIpc) is 1.44. The summed E-state index contributed by atoms with van der Waals surface area (Å²) in [5.74, 6) is -7.41. The van der Waals surface area contributed by atoms with Crippen molar-refractivity contribution in [1.29, 1.82) is 0 Å². The van der Waals surface area contributed by atoms with Gasteiger partial charge in [-0.05, 0) is 105 Å². The summed E-state index contributed by atoms with van der Waals surface area (Å²) in [5.41, 5.74) is 8.83. The molecule has 2 aliphatic heterocycles. The Morgan fingerprint density at radius 2 is 0.939 bits per heavy atom. The third-order valence-electron chi connectivity index (χ3n) is 18.8. The Morgan fingerprint density at radius 1 is 0.525 bits per heavy atom. The molecule has 0 aliphatic carbocycles. The normalized spacial score (nSPS) is 17.3. The van der Waals surface area contributed by atoms with Crippen molar-refractivity contribution in [2.75, 3.05) is 25.4 Å². The second-order valence-corrected chi connectivity index (χ2v) is 28.1. The molecule has 0 radical (unpaired) electrons. The highest BCUT2D eigenvalue weighted by Gasteiger charge is 2.47. The average molecular weight is 1370 g/mol. The van der Waals surface area contributed by atoms with Gasteiger partial charge in [0.05, 0.1) is 23.0 Å².